The Morgan fingerprint density at radius 1 is 1.21 bits per heavy atom. The van der Waals surface area contributed by atoms with Crippen LogP contribution in [0.2, 0.25) is 0 Å². The van der Waals surface area contributed by atoms with Gasteiger partial charge in [0.25, 0.3) is 11.8 Å². The highest BCUT2D eigenvalue weighted by Crippen LogP contribution is 2.32. The van der Waals surface area contributed by atoms with Crippen molar-refractivity contribution in [1.29, 1.82) is 0 Å². The van der Waals surface area contributed by atoms with Crippen molar-refractivity contribution in [2.45, 2.75) is 50.5 Å². The molecule has 1 heterocycles. The number of nitrogens with zero attached hydrogens (tertiary/aromatic N) is 2. The lowest BCUT2D eigenvalue weighted by atomic mass is 10.1. The Morgan fingerprint density at radius 3 is 2.61 bits per heavy atom. The van der Waals surface area contributed by atoms with Crippen LogP contribution in [0.3, 0.4) is 0 Å². The van der Waals surface area contributed by atoms with Crippen LogP contribution in [-0.2, 0) is 12.7 Å². The molecule has 9 heteroatoms. The highest BCUT2D eigenvalue weighted by Gasteiger charge is 2.36. The summed E-state index contributed by atoms with van der Waals surface area (Å²) in [6.45, 7) is -0.00352. The van der Waals surface area contributed by atoms with Gasteiger partial charge in [0.2, 0.25) is 5.89 Å². The second kappa shape index (κ2) is 6.96. The molecule has 148 valence electrons. The van der Waals surface area contributed by atoms with E-state index >= 15 is 0 Å². The normalized spacial score (nSPS) is 16.7. The SMILES string of the molecule is O=C(NC1CC1)c1coc(CN(C(=O)c2cccc(C(F)(F)F)c2)C2CC2)n1. The van der Waals surface area contributed by atoms with Gasteiger partial charge < -0.3 is 14.6 Å². The van der Waals surface area contributed by atoms with Crippen LogP contribution < -0.4 is 5.32 Å². The number of carbonyl (C=O) groups is 2. The lowest BCUT2D eigenvalue weighted by Gasteiger charge is -2.21. The fourth-order valence-electron chi connectivity index (χ4n) is 2.87. The molecule has 2 amide bonds. The second-order valence-electron chi connectivity index (χ2n) is 7.12. The van der Waals surface area contributed by atoms with Crippen LogP contribution in [0.5, 0.6) is 0 Å². The van der Waals surface area contributed by atoms with Gasteiger partial charge >= 0.3 is 6.18 Å². The molecule has 1 aromatic carbocycles. The average molecular weight is 393 g/mol. The van der Waals surface area contributed by atoms with Gasteiger partial charge in [0.05, 0.1) is 12.1 Å². The molecule has 0 spiro atoms. The number of alkyl halides is 3. The Kier molecular flexibility index (Phi) is 4.60. The first-order valence-corrected chi connectivity index (χ1v) is 9.05. The average Bonchev–Trinajstić information content (AvgIpc) is 3.59. The van der Waals surface area contributed by atoms with Crippen LogP contribution in [0, 0.1) is 0 Å². The number of amides is 2. The zero-order valence-electron chi connectivity index (χ0n) is 14.8. The third kappa shape index (κ3) is 4.18. The van der Waals surface area contributed by atoms with Gasteiger partial charge in [0.15, 0.2) is 5.69 Å². The molecule has 1 N–H and O–H groups in total. The van der Waals surface area contributed by atoms with Crippen LogP contribution in [0.25, 0.3) is 0 Å². The summed E-state index contributed by atoms with van der Waals surface area (Å²) in [5.41, 5.74) is -0.784. The molecule has 2 aromatic rings. The summed E-state index contributed by atoms with van der Waals surface area (Å²) >= 11 is 0. The monoisotopic (exact) mass is 393 g/mol. The van der Waals surface area contributed by atoms with E-state index in [1.807, 2.05) is 0 Å². The summed E-state index contributed by atoms with van der Waals surface area (Å²) < 4.78 is 44.1. The lowest BCUT2D eigenvalue weighted by molar-refractivity contribution is -0.137. The van der Waals surface area contributed by atoms with E-state index in [4.69, 9.17) is 4.42 Å². The lowest BCUT2D eigenvalue weighted by Crippen LogP contribution is -2.33. The Bertz CT molecular complexity index is 901. The largest absolute Gasteiger partial charge is 0.446 e. The van der Waals surface area contributed by atoms with Gasteiger partial charge in [-0.25, -0.2) is 4.98 Å². The number of carbonyl (C=O) groups excluding carboxylic acids is 2. The van der Waals surface area contributed by atoms with E-state index in [1.54, 1.807) is 0 Å². The highest BCUT2D eigenvalue weighted by atomic mass is 19.4. The standard InChI is InChI=1S/C19H18F3N3O3/c20-19(21,22)12-3-1-2-11(8-12)18(27)25(14-6-7-14)9-16-24-15(10-28-16)17(26)23-13-4-5-13/h1-3,8,10,13-14H,4-7,9H2,(H,23,26). The van der Waals surface area contributed by atoms with Gasteiger partial charge in [0.1, 0.15) is 6.26 Å². The zero-order valence-corrected chi connectivity index (χ0v) is 14.8. The molecule has 2 aliphatic carbocycles. The number of nitrogens with one attached hydrogen (secondary N) is 1. The van der Waals surface area contributed by atoms with Crippen molar-refractivity contribution in [3.63, 3.8) is 0 Å². The highest BCUT2D eigenvalue weighted by molar-refractivity contribution is 5.95. The topological polar surface area (TPSA) is 75.4 Å². The van der Waals surface area contributed by atoms with Crippen molar-refractivity contribution in [2.24, 2.45) is 0 Å². The quantitative estimate of drug-likeness (QED) is 0.816. The zero-order chi connectivity index (χ0) is 19.9. The van der Waals surface area contributed by atoms with E-state index in [9.17, 15) is 22.8 Å². The number of oxazole rings is 1. The number of hydrogen-bond donors (Lipinski definition) is 1. The van der Waals surface area contributed by atoms with Crippen LogP contribution in [-0.4, -0.2) is 33.8 Å². The molecule has 0 atom stereocenters. The van der Waals surface area contributed by atoms with Gasteiger partial charge in [-0.3, -0.25) is 9.59 Å². The van der Waals surface area contributed by atoms with Crippen LogP contribution >= 0.6 is 0 Å². The molecule has 0 radical (unpaired) electrons. The summed E-state index contributed by atoms with van der Waals surface area (Å²) in [7, 11) is 0. The number of rotatable bonds is 6. The van der Waals surface area contributed by atoms with E-state index in [1.165, 1.54) is 23.3 Å². The van der Waals surface area contributed by atoms with Gasteiger partial charge in [0, 0.05) is 17.6 Å². The first-order chi connectivity index (χ1) is 13.3. The van der Waals surface area contributed by atoms with E-state index in [0.29, 0.717) is 0 Å². The van der Waals surface area contributed by atoms with Crippen LogP contribution in [0.4, 0.5) is 13.2 Å². The molecule has 1 aromatic heterocycles. The summed E-state index contributed by atoms with van der Waals surface area (Å²) in [6, 6.07) is 4.46. The van der Waals surface area contributed by atoms with Crippen molar-refractivity contribution < 1.29 is 27.2 Å². The third-order valence-corrected chi connectivity index (χ3v) is 4.69. The Balaban J connectivity index is 1.49. The minimum absolute atomic E-state index is 0.00352. The van der Waals surface area contributed by atoms with Crippen molar-refractivity contribution >= 4 is 11.8 Å². The number of halogens is 3. The summed E-state index contributed by atoms with van der Waals surface area (Å²) in [6.07, 6.45) is 0.121. The molecule has 6 nitrogen and oxygen atoms in total. The molecule has 0 saturated heterocycles. The third-order valence-electron chi connectivity index (χ3n) is 4.69. The van der Waals surface area contributed by atoms with Crippen molar-refractivity contribution in [1.82, 2.24) is 15.2 Å². The Hall–Kier alpha value is -2.84. The predicted molar refractivity (Wildman–Crippen MR) is 91.3 cm³/mol. The molecule has 2 aliphatic rings. The number of aromatic nitrogens is 1. The van der Waals surface area contributed by atoms with E-state index < -0.39 is 17.6 Å². The van der Waals surface area contributed by atoms with Gasteiger partial charge in [-0.1, -0.05) is 6.07 Å². The maximum Gasteiger partial charge on any atom is 0.416 e. The number of hydrogen-bond acceptors (Lipinski definition) is 4. The van der Waals surface area contributed by atoms with Crippen molar-refractivity contribution in [3.8, 4) is 0 Å². The fraction of sp³-hybridized carbons (Fsp3) is 0.421. The first kappa shape index (κ1) is 18.5. The minimum atomic E-state index is -4.52. The summed E-state index contributed by atoms with van der Waals surface area (Å²) in [5.74, 6) is -0.677. The molecular formula is C19H18F3N3O3. The minimum Gasteiger partial charge on any atom is -0.446 e. The number of benzene rings is 1. The molecule has 2 fully saturated rings. The van der Waals surface area contributed by atoms with Gasteiger partial charge in [-0.15, -0.1) is 0 Å². The van der Waals surface area contributed by atoms with E-state index in [0.717, 1.165) is 37.8 Å². The van der Waals surface area contributed by atoms with Crippen LogP contribution in [0.15, 0.2) is 34.9 Å². The Labute approximate surface area is 158 Å². The maximum absolute atomic E-state index is 12.9. The molecule has 2 saturated carbocycles. The van der Waals surface area contributed by atoms with Gasteiger partial charge in [-0.05, 0) is 43.9 Å². The molecule has 0 bridgehead atoms. The van der Waals surface area contributed by atoms with Crippen molar-refractivity contribution in [2.75, 3.05) is 0 Å². The Morgan fingerprint density at radius 2 is 1.96 bits per heavy atom. The molecule has 4 rings (SSSR count). The van der Waals surface area contributed by atoms with Crippen LogP contribution in [0.1, 0.15) is 58.0 Å². The van der Waals surface area contributed by atoms with Crippen molar-refractivity contribution in [3.05, 3.63) is 53.2 Å². The fourth-order valence-corrected chi connectivity index (χ4v) is 2.87. The molecule has 0 aliphatic heterocycles. The maximum atomic E-state index is 12.9. The molecular weight excluding hydrogens is 375 g/mol. The molecule has 0 unspecified atom stereocenters. The summed E-state index contributed by atoms with van der Waals surface area (Å²) in [5, 5.41) is 2.79. The van der Waals surface area contributed by atoms with Gasteiger partial charge in [-0.2, -0.15) is 13.2 Å². The van der Waals surface area contributed by atoms with E-state index in [-0.39, 0.29) is 41.7 Å². The smallest absolute Gasteiger partial charge is 0.416 e. The second-order valence-corrected chi connectivity index (χ2v) is 7.12. The predicted octanol–water partition coefficient (Wildman–Crippen LogP) is 3.39. The molecule has 28 heavy (non-hydrogen) atoms. The van der Waals surface area contributed by atoms with E-state index in [2.05, 4.69) is 10.3 Å². The first-order valence-electron chi connectivity index (χ1n) is 9.05. The summed E-state index contributed by atoms with van der Waals surface area (Å²) in [4.78, 5) is 30.4.